The van der Waals surface area contributed by atoms with Gasteiger partial charge in [-0.2, -0.15) is 0 Å². The molecule has 1 amide bonds. The maximum absolute atomic E-state index is 12.0. The number of pyridine rings is 1. The molecule has 3 rings (SSSR count). The zero-order chi connectivity index (χ0) is 12.5. The number of carbonyl (C=O) groups excluding carboxylic acids is 1. The maximum Gasteiger partial charge on any atom is 0.260 e. The largest absolute Gasteiger partial charge is 0.298 e. The number of aromatic nitrogens is 2. The molecule has 1 saturated carbocycles. The first-order valence-electron chi connectivity index (χ1n) is 5.61. The van der Waals surface area contributed by atoms with E-state index in [0.29, 0.717) is 21.2 Å². The molecule has 6 heteroatoms. The standard InChI is InChI=1S/C12H10BrN3OS/c13-10-8(2-1-5-14-10)11(17)16-12-15-9(6-18-12)7-3-4-7/h1-2,5-7H,3-4H2,(H,15,16,17). The van der Waals surface area contributed by atoms with E-state index in [9.17, 15) is 4.79 Å². The minimum absolute atomic E-state index is 0.188. The van der Waals surface area contributed by atoms with E-state index in [-0.39, 0.29) is 5.91 Å². The molecule has 92 valence electrons. The van der Waals surface area contributed by atoms with Gasteiger partial charge in [0.05, 0.1) is 11.3 Å². The van der Waals surface area contributed by atoms with Crippen molar-refractivity contribution in [2.45, 2.75) is 18.8 Å². The molecule has 0 radical (unpaired) electrons. The topological polar surface area (TPSA) is 54.9 Å². The van der Waals surface area contributed by atoms with Crippen LogP contribution in [-0.2, 0) is 0 Å². The summed E-state index contributed by atoms with van der Waals surface area (Å²) in [5.74, 6) is 0.420. The first-order chi connectivity index (χ1) is 8.74. The van der Waals surface area contributed by atoms with Crippen molar-refractivity contribution in [1.82, 2.24) is 9.97 Å². The van der Waals surface area contributed by atoms with Crippen LogP contribution in [0.25, 0.3) is 0 Å². The van der Waals surface area contributed by atoms with Crippen LogP contribution < -0.4 is 5.32 Å². The van der Waals surface area contributed by atoms with Crippen molar-refractivity contribution >= 4 is 38.3 Å². The molecule has 1 aliphatic rings. The molecule has 18 heavy (non-hydrogen) atoms. The predicted molar refractivity (Wildman–Crippen MR) is 74.0 cm³/mol. The second-order valence-electron chi connectivity index (χ2n) is 4.15. The predicted octanol–water partition coefficient (Wildman–Crippen LogP) is 3.43. The summed E-state index contributed by atoms with van der Waals surface area (Å²) in [6.07, 6.45) is 4.06. The number of hydrogen-bond acceptors (Lipinski definition) is 4. The van der Waals surface area contributed by atoms with Gasteiger partial charge in [0.1, 0.15) is 4.60 Å². The van der Waals surface area contributed by atoms with E-state index in [1.54, 1.807) is 18.3 Å². The summed E-state index contributed by atoms with van der Waals surface area (Å²) in [6.45, 7) is 0. The van der Waals surface area contributed by atoms with Crippen LogP contribution in [0.5, 0.6) is 0 Å². The molecular weight excluding hydrogens is 314 g/mol. The lowest BCUT2D eigenvalue weighted by Gasteiger charge is -2.02. The highest BCUT2D eigenvalue weighted by molar-refractivity contribution is 9.10. The number of anilines is 1. The Morgan fingerprint density at radius 3 is 3.06 bits per heavy atom. The number of rotatable bonds is 3. The van der Waals surface area contributed by atoms with Gasteiger partial charge in [-0.25, -0.2) is 9.97 Å². The highest BCUT2D eigenvalue weighted by Gasteiger charge is 2.26. The molecule has 0 spiro atoms. The molecule has 4 nitrogen and oxygen atoms in total. The second-order valence-corrected chi connectivity index (χ2v) is 5.76. The van der Waals surface area contributed by atoms with Gasteiger partial charge in [0.25, 0.3) is 5.91 Å². The molecule has 2 aromatic heterocycles. The zero-order valence-corrected chi connectivity index (χ0v) is 11.8. The molecule has 0 atom stereocenters. The lowest BCUT2D eigenvalue weighted by Crippen LogP contribution is -2.12. The highest BCUT2D eigenvalue weighted by atomic mass is 79.9. The van der Waals surface area contributed by atoms with E-state index in [1.807, 2.05) is 5.38 Å². The Morgan fingerprint density at radius 2 is 2.33 bits per heavy atom. The number of thiazole rings is 1. The van der Waals surface area contributed by atoms with Crippen LogP contribution in [0.15, 0.2) is 28.3 Å². The van der Waals surface area contributed by atoms with Crippen molar-refractivity contribution in [3.05, 3.63) is 39.6 Å². The summed E-state index contributed by atoms with van der Waals surface area (Å²) in [5.41, 5.74) is 1.61. The Labute approximate surface area is 117 Å². The molecule has 2 aromatic rings. The first-order valence-corrected chi connectivity index (χ1v) is 7.28. The van der Waals surface area contributed by atoms with Crippen molar-refractivity contribution in [3.8, 4) is 0 Å². The number of amides is 1. The molecule has 1 N–H and O–H groups in total. The summed E-state index contributed by atoms with van der Waals surface area (Å²) < 4.78 is 0.543. The Kier molecular flexibility index (Phi) is 3.13. The van der Waals surface area contributed by atoms with Crippen molar-refractivity contribution in [3.63, 3.8) is 0 Å². The van der Waals surface area contributed by atoms with Crippen LogP contribution >= 0.6 is 27.3 Å². The van der Waals surface area contributed by atoms with Gasteiger partial charge in [-0.1, -0.05) is 0 Å². The lowest BCUT2D eigenvalue weighted by molar-refractivity contribution is 0.102. The van der Waals surface area contributed by atoms with Crippen molar-refractivity contribution in [1.29, 1.82) is 0 Å². The van der Waals surface area contributed by atoms with E-state index >= 15 is 0 Å². The number of carbonyl (C=O) groups is 1. The fraction of sp³-hybridized carbons (Fsp3) is 0.250. The number of hydrogen-bond donors (Lipinski definition) is 1. The molecule has 0 unspecified atom stereocenters. The van der Waals surface area contributed by atoms with Gasteiger partial charge in [0.15, 0.2) is 5.13 Å². The summed E-state index contributed by atoms with van der Waals surface area (Å²) >= 11 is 4.73. The van der Waals surface area contributed by atoms with Crippen LogP contribution in [0.3, 0.4) is 0 Å². The van der Waals surface area contributed by atoms with Gasteiger partial charge in [-0.15, -0.1) is 11.3 Å². The fourth-order valence-corrected chi connectivity index (χ4v) is 2.85. The van der Waals surface area contributed by atoms with Crippen LogP contribution in [0.4, 0.5) is 5.13 Å². The third-order valence-corrected chi connectivity index (χ3v) is 4.15. The average Bonchev–Trinajstić information content (AvgIpc) is 3.11. The van der Waals surface area contributed by atoms with Crippen LogP contribution in [0, 0.1) is 0 Å². The third kappa shape index (κ3) is 2.44. The van der Waals surface area contributed by atoms with Crippen LogP contribution in [-0.4, -0.2) is 15.9 Å². The Bertz CT molecular complexity index is 595. The zero-order valence-electron chi connectivity index (χ0n) is 9.39. The fourth-order valence-electron chi connectivity index (χ4n) is 1.63. The van der Waals surface area contributed by atoms with Gasteiger partial charge < -0.3 is 0 Å². The molecular formula is C12H10BrN3OS. The van der Waals surface area contributed by atoms with Crippen LogP contribution in [0.1, 0.15) is 34.8 Å². The number of halogens is 1. The van der Waals surface area contributed by atoms with Gasteiger partial charge in [-0.3, -0.25) is 10.1 Å². The van der Waals surface area contributed by atoms with E-state index in [0.717, 1.165) is 5.69 Å². The summed E-state index contributed by atoms with van der Waals surface area (Å²) in [7, 11) is 0. The molecule has 2 heterocycles. The Hall–Kier alpha value is -1.27. The maximum atomic E-state index is 12.0. The Balaban J connectivity index is 1.75. The molecule has 0 aromatic carbocycles. The molecule has 0 saturated heterocycles. The van der Waals surface area contributed by atoms with E-state index in [1.165, 1.54) is 24.2 Å². The number of nitrogens with zero attached hydrogens (tertiary/aromatic N) is 2. The molecule has 1 fully saturated rings. The lowest BCUT2D eigenvalue weighted by atomic mass is 10.3. The highest BCUT2D eigenvalue weighted by Crippen LogP contribution is 2.40. The Morgan fingerprint density at radius 1 is 1.50 bits per heavy atom. The van der Waals surface area contributed by atoms with Crippen molar-refractivity contribution < 1.29 is 4.79 Å². The van der Waals surface area contributed by atoms with Gasteiger partial charge >= 0.3 is 0 Å². The van der Waals surface area contributed by atoms with Crippen molar-refractivity contribution in [2.24, 2.45) is 0 Å². The third-order valence-electron chi connectivity index (χ3n) is 2.74. The molecule has 0 aliphatic heterocycles. The van der Waals surface area contributed by atoms with E-state index in [4.69, 9.17) is 0 Å². The van der Waals surface area contributed by atoms with Crippen molar-refractivity contribution in [2.75, 3.05) is 5.32 Å². The summed E-state index contributed by atoms with van der Waals surface area (Å²) in [6, 6.07) is 3.46. The quantitative estimate of drug-likeness (QED) is 0.880. The summed E-state index contributed by atoms with van der Waals surface area (Å²) in [5, 5.41) is 5.47. The smallest absolute Gasteiger partial charge is 0.260 e. The normalized spacial score (nSPS) is 14.5. The van der Waals surface area contributed by atoms with Gasteiger partial charge in [-0.05, 0) is 40.9 Å². The molecule has 1 aliphatic carbocycles. The molecule has 0 bridgehead atoms. The first kappa shape index (κ1) is 11.8. The average molecular weight is 324 g/mol. The number of nitrogens with one attached hydrogen (secondary N) is 1. The minimum atomic E-state index is -0.188. The SMILES string of the molecule is O=C(Nc1nc(C2CC2)cs1)c1cccnc1Br. The van der Waals surface area contributed by atoms with Gasteiger partial charge in [0.2, 0.25) is 0 Å². The van der Waals surface area contributed by atoms with Gasteiger partial charge in [0, 0.05) is 17.5 Å². The second kappa shape index (κ2) is 4.78. The summed E-state index contributed by atoms with van der Waals surface area (Å²) in [4.78, 5) is 20.5. The van der Waals surface area contributed by atoms with E-state index in [2.05, 4.69) is 31.2 Å². The van der Waals surface area contributed by atoms with E-state index < -0.39 is 0 Å². The monoisotopic (exact) mass is 323 g/mol. The van der Waals surface area contributed by atoms with Crippen LogP contribution in [0.2, 0.25) is 0 Å². The minimum Gasteiger partial charge on any atom is -0.298 e.